The van der Waals surface area contributed by atoms with Crippen LogP contribution >= 0.6 is 0 Å². The van der Waals surface area contributed by atoms with Crippen LogP contribution in [0, 0.1) is 0 Å². The average Bonchev–Trinajstić information content (AvgIpc) is 2.07. The average molecular weight is 169 g/mol. The Morgan fingerprint density at radius 3 is 2.25 bits per heavy atom. The number of hydrogen-bond acceptors (Lipinski definition) is 3. The van der Waals surface area contributed by atoms with Crippen molar-refractivity contribution in [1.82, 2.24) is 4.90 Å². The van der Waals surface area contributed by atoms with Gasteiger partial charge in [-0.2, -0.15) is 0 Å². The Morgan fingerprint density at radius 2 is 1.83 bits per heavy atom. The van der Waals surface area contributed by atoms with Crippen molar-refractivity contribution in [2.24, 2.45) is 9.98 Å². The van der Waals surface area contributed by atoms with Crippen LogP contribution in [0.5, 0.6) is 0 Å². The van der Waals surface area contributed by atoms with Gasteiger partial charge in [-0.25, -0.2) is 9.98 Å². The van der Waals surface area contributed by atoms with Gasteiger partial charge in [0, 0.05) is 6.54 Å². The van der Waals surface area contributed by atoms with Crippen LogP contribution in [-0.4, -0.2) is 36.7 Å². The molecule has 0 aromatic rings. The number of aliphatic imine (C=N–C) groups is 2. The fraction of sp³-hybridized carbons (Fsp3) is 0.889. The standard InChI is InChI=1S/C9H19N3/c1-5-10-8-11-9(4)12(6-2)7-3/h9H,5-7H2,1-4H3. The monoisotopic (exact) mass is 169 g/mol. The first-order chi connectivity index (χ1) is 5.76. The lowest BCUT2D eigenvalue weighted by Crippen LogP contribution is -2.30. The molecule has 1 atom stereocenters. The summed E-state index contributed by atoms with van der Waals surface area (Å²) in [6.07, 6.45) is 0.204. The summed E-state index contributed by atoms with van der Waals surface area (Å²) in [5.41, 5.74) is 0. The maximum atomic E-state index is 4.17. The molecule has 3 heteroatoms. The fourth-order valence-corrected chi connectivity index (χ4v) is 1.03. The van der Waals surface area contributed by atoms with Gasteiger partial charge in [0.15, 0.2) is 0 Å². The van der Waals surface area contributed by atoms with Gasteiger partial charge in [-0.15, -0.1) is 0 Å². The Bertz CT molecular complexity index is 155. The van der Waals surface area contributed by atoms with Crippen LogP contribution in [0.1, 0.15) is 27.7 Å². The first-order valence-corrected chi connectivity index (χ1v) is 4.61. The van der Waals surface area contributed by atoms with E-state index in [9.17, 15) is 0 Å². The zero-order chi connectivity index (χ0) is 9.40. The lowest BCUT2D eigenvalue weighted by atomic mass is 10.4. The summed E-state index contributed by atoms with van der Waals surface area (Å²) in [5.74, 6) is 0. The molecule has 0 saturated heterocycles. The summed E-state index contributed by atoms with van der Waals surface area (Å²) < 4.78 is 0. The van der Waals surface area contributed by atoms with Crippen molar-refractivity contribution in [3.63, 3.8) is 0 Å². The van der Waals surface area contributed by atoms with Crippen molar-refractivity contribution in [1.29, 1.82) is 0 Å². The summed E-state index contributed by atoms with van der Waals surface area (Å²) in [6.45, 7) is 11.1. The largest absolute Gasteiger partial charge is 0.282 e. The highest BCUT2D eigenvalue weighted by Gasteiger charge is 2.05. The number of rotatable bonds is 5. The van der Waals surface area contributed by atoms with Crippen molar-refractivity contribution in [2.75, 3.05) is 19.6 Å². The van der Waals surface area contributed by atoms with E-state index in [4.69, 9.17) is 0 Å². The molecule has 0 aliphatic heterocycles. The Morgan fingerprint density at radius 1 is 1.25 bits per heavy atom. The van der Waals surface area contributed by atoms with Crippen LogP contribution in [0.3, 0.4) is 0 Å². The molecule has 0 radical (unpaired) electrons. The Labute approximate surface area is 75.2 Å². The molecule has 0 saturated carbocycles. The van der Waals surface area contributed by atoms with Crippen molar-refractivity contribution in [3.05, 3.63) is 0 Å². The first kappa shape index (κ1) is 11.3. The van der Waals surface area contributed by atoms with E-state index in [2.05, 4.69) is 41.7 Å². The van der Waals surface area contributed by atoms with Gasteiger partial charge < -0.3 is 0 Å². The van der Waals surface area contributed by atoms with E-state index in [0.29, 0.717) is 0 Å². The second-order valence-corrected chi connectivity index (χ2v) is 2.56. The SMILES string of the molecule is CCN=C=NC(C)N(CC)CC. The van der Waals surface area contributed by atoms with Gasteiger partial charge in [-0.05, 0) is 26.9 Å². The zero-order valence-electron chi connectivity index (χ0n) is 8.54. The van der Waals surface area contributed by atoms with Crippen molar-refractivity contribution >= 4 is 6.01 Å². The molecule has 0 spiro atoms. The van der Waals surface area contributed by atoms with E-state index in [1.807, 2.05) is 6.92 Å². The molecule has 0 amide bonds. The highest BCUT2D eigenvalue weighted by atomic mass is 15.2. The Hall–Kier alpha value is -0.660. The van der Waals surface area contributed by atoms with Crippen molar-refractivity contribution < 1.29 is 0 Å². The van der Waals surface area contributed by atoms with Crippen molar-refractivity contribution in [3.8, 4) is 0 Å². The van der Waals surface area contributed by atoms with Gasteiger partial charge in [0.1, 0.15) is 6.17 Å². The molecule has 0 aliphatic rings. The number of hydrogen-bond donors (Lipinski definition) is 0. The summed E-state index contributed by atoms with van der Waals surface area (Å²) in [6, 6.07) is 2.69. The molecular weight excluding hydrogens is 150 g/mol. The second kappa shape index (κ2) is 7.01. The van der Waals surface area contributed by atoms with Crippen LogP contribution in [0.4, 0.5) is 0 Å². The van der Waals surface area contributed by atoms with Crippen LogP contribution in [0.15, 0.2) is 9.98 Å². The van der Waals surface area contributed by atoms with Gasteiger partial charge in [0.25, 0.3) is 0 Å². The van der Waals surface area contributed by atoms with E-state index in [1.54, 1.807) is 0 Å². The van der Waals surface area contributed by atoms with Crippen LogP contribution in [0.25, 0.3) is 0 Å². The third kappa shape index (κ3) is 4.27. The number of nitrogens with zero attached hydrogens (tertiary/aromatic N) is 3. The molecule has 0 aromatic carbocycles. The first-order valence-electron chi connectivity index (χ1n) is 4.61. The molecule has 0 aliphatic carbocycles. The highest BCUT2D eigenvalue weighted by molar-refractivity contribution is 5.41. The molecule has 0 bridgehead atoms. The molecule has 0 rings (SSSR count). The minimum Gasteiger partial charge on any atom is -0.282 e. The highest BCUT2D eigenvalue weighted by Crippen LogP contribution is 1.97. The molecule has 12 heavy (non-hydrogen) atoms. The molecular formula is C9H19N3. The van der Waals surface area contributed by atoms with E-state index in [-0.39, 0.29) is 6.17 Å². The molecule has 0 heterocycles. The predicted octanol–water partition coefficient (Wildman–Crippen LogP) is 1.87. The molecule has 3 nitrogen and oxygen atoms in total. The summed E-state index contributed by atoms with van der Waals surface area (Å²) in [7, 11) is 0. The minimum absolute atomic E-state index is 0.204. The Balaban J connectivity index is 3.99. The third-order valence-electron chi connectivity index (χ3n) is 1.81. The van der Waals surface area contributed by atoms with Crippen LogP contribution < -0.4 is 0 Å². The maximum absolute atomic E-state index is 4.17. The van der Waals surface area contributed by atoms with Gasteiger partial charge in [0.05, 0.1) is 6.01 Å². The van der Waals surface area contributed by atoms with Gasteiger partial charge in [-0.1, -0.05) is 13.8 Å². The molecule has 0 fully saturated rings. The lowest BCUT2D eigenvalue weighted by Gasteiger charge is -2.21. The molecule has 1 unspecified atom stereocenters. The predicted molar refractivity (Wildman–Crippen MR) is 52.8 cm³/mol. The maximum Gasteiger partial charge on any atom is 0.110 e. The quantitative estimate of drug-likeness (QED) is 0.577. The normalized spacial score (nSPS) is 12.4. The van der Waals surface area contributed by atoms with E-state index in [1.165, 1.54) is 0 Å². The van der Waals surface area contributed by atoms with Crippen LogP contribution in [-0.2, 0) is 0 Å². The second-order valence-electron chi connectivity index (χ2n) is 2.56. The fourth-order valence-electron chi connectivity index (χ4n) is 1.03. The molecule has 0 aromatic heterocycles. The van der Waals surface area contributed by atoms with Gasteiger partial charge >= 0.3 is 0 Å². The van der Waals surface area contributed by atoms with Crippen molar-refractivity contribution in [2.45, 2.75) is 33.9 Å². The Kier molecular flexibility index (Phi) is 6.63. The summed E-state index contributed by atoms with van der Waals surface area (Å²) >= 11 is 0. The lowest BCUT2D eigenvalue weighted by molar-refractivity contribution is 0.239. The zero-order valence-corrected chi connectivity index (χ0v) is 8.54. The van der Waals surface area contributed by atoms with Gasteiger partial charge in [-0.3, -0.25) is 4.90 Å². The van der Waals surface area contributed by atoms with E-state index in [0.717, 1.165) is 19.6 Å². The smallest absolute Gasteiger partial charge is 0.110 e. The topological polar surface area (TPSA) is 28.0 Å². The van der Waals surface area contributed by atoms with Crippen LogP contribution in [0.2, 0.25) is 0 Å². The van der Waals surface area contributed by atoms with E-state index >= 15 is 0 Å². The molecule has 0 N–H and O–H groups in total. The third-order valence-corrected chi connectivity index (χ3v) is 1.81. The molecule has 70 valence electrons. The summed E-state index contributed by atoms with van der Waals surface area (Å²) in [5, 5.41) is 0. The van der Waals surface area contributed by atoms with E-state index < -0.39 is 0 Å². The minimum atomic E-state index is 0.204. The van der Waals surface area contributed by atoms with Gasteiger partial charge in [0.2, 0.25) is 0 Å². The summed E-state index contributed by atoms with van der Waals surface area (Å²) in [4.78, 5) is 10.3.